The van der Waals surface area contributed by atoms with E-state index in [0.717, 1.165) is 16.2 Å². The van der Waals surface area contributed by atoms with Gasteiger partial charge in [0.25, 0.3) is 0 Å². The highest BCUT2D eigenvalue weighted by Gasteiger charge is 2.29. The summed E-state index contributed by atoms with van der Waals surface area (Å²) in [5.41, 5.74) is 1.77. The molecule has 4 rings (SSSR count). The van der Waals surface area contributed by atoms with E-state index in [4.69, 9.17) is 0 Å². The van der Waals surface area contributed by atoms with Crippen LogP contribution in [0.3, 0.4) is 0 Å². The summed E-state index contributed by atoms with van der Waals surface area (Å²) < 4.78 is 15.1. The number of pyridine rings is 1. The second-order valence-corrected chi connectivity index (χ2v) is 5.96. The lowest BCUT2D eigenvalue weighted by atomic mass is 10.1. The van der Waals surface area contributed by atoms with E-state index < -0.39 is 0 Å². The fraction of sp³-hybridized carbons (Fsp3) is 0.0625. The number of aliphatic imine (C=N–C) groups is 2. The van der Waals surface area contributed by atoms with Crippen LogP contribution in [0.25, 0.3) is 0 Å². The van der Waals surface area contributed by atoms with E-state index in [1.165, 1.54) is 12.1 Å². The lowest BCUT2D eigenvalue weighted by Crippen LogP contribution is -2.38. The van der Waals surface area contributed by atoms with Crippen molar-refractivity contribution >= 4 is 23.6 Å². The number of guanidine groups is 1. The number of benzene rings is 1. The van der Waals surface area contributed by atoms with E-state index in [1.807, 2.05) is 27.8 Å². The van der Waals surface area contributed by atoms with Crippen LogP contribution < -0.4 is 0 Å². The number of hydrazine groups is 1. The van der Waals surface area contributed by atoms with Crippen molar-refractivity contribution in [2.24, 2.45) is 9.98 Å². The molecule has 1 aromatic carbocycles. The second-order valence-electron chi connectivity index (χ2n) is 4.93. The molecule has 0 saturated heterocycles. The predicted molar refractivity (Wildman–Crippen MR) is 88.2 cm³/mol. The Hall–Kier alpha value is -2.67. The highest BCUT2D eigenvalue weighted by atomic mass is 32.2. The van der Waals surface area contributed by atoms with Crippen molar-refractivity contribution in [3.05, 3.63) is 72.6 Å². The summed E-state index contributed by atoms with van der Waals surface area (Å²) in [6, 6.07) is 10.3. The van der Waals surface area contributed by atoms with Crippen molar-refractivity contribution in [3.8, 4) is 0 Å². The Kier molecular flexibility index (Phi) is 3.55. The molecule has 23 heavy (non-hydrogen) atoms. The van der Waals surface area contributed by atoms with Gasteiger partial charge in [0.2, 0.25) is 5.96 Å². The lowest BCUT2D eigenvalue weighted by molar-refractivity contribution is 0.255. The Labute approximate surface area is 137 Å². The van der Waals surface area contributed by atoms with Gasteiger partial charge in [-0.05, 0) is 29.8 Å². The van der Waals surface area contributed by atoms with Gasteiger partial charge in [-0.3, -0.25) is 4.98 Å². The van der Waals surface area contributed by atoms with Crippen LogP contribution in [-0.2, 0) is 0 Å². The first-order valence-corrected chi connectivity index (χ1v) is 7.79. The molecule has 0 aliphatic carbocycles. The molecule has 2 aliphatic rings. The van der Waals surface area contributed by atoms with Crippen molar-refractivity contribution < 1.29 is 4.39 Å². The summed E-state index contributed by atoms with van der Waals surface area (Å²) in [5, 5.41) is 1.98. The molecule has 5 nitrogen and oxygen atoms in total. The summed E-state index contributed by atoms with van der Waals surface area (Å²) >= 11 is 1.56. The zero-order valence-corrected chi connectivity index (χ0v) is 12.8. The second kappa shape index (κ2) is 5.85. The molecule has 0 amide bonds. The zero-order chi connectivity index (χ0) is 15.6. The van der Waals surface area contributed by atoms with E-state index in [-0.39, 0.29) is 5.82 Å². The van der Waals surface area contributed by atoms with Gasteiger partial charge in [-0.25, -0.2) is 23.8 Å². The van der Waals surface area contributed by atoms with Gasteiger partial charge in [-0.2, -0.15) is 0 Å². The van der Waals surface area contributed by atoms with E-state index in [1.54, 1.807) is 42.7 Å². The molecular weight excluding hydrogens is 313 g/mol. The number of hydrogen-bond acceptors (Lipinski definition) is 6. The molecule has 0 N–H and O–H groups in total. The van der Waals surface area contributed by atoms with Crippen LogP contribution in [0.1, 0.15) is 5.56 Å². The third kappa shape index (κ3) is 2.83. The van der Waals surface area contributed by atoms with Gasteiger partial charge >= 0.3 is 0 Å². The Bertz CT molecular complexity index is 801. The average Bonchev–Trinajstić information content (AvgIpc) is 3.02. The van der Waals surface area contributed by atoms with E-state index in [0.29, 0.717) is 12.5 Å². The fourth-order valence-electron chi connectivity index (χ4n) is 2.30. The predicted octanol–water partition coefficient (Wildman–Crippen LogP) is 3.09. The van der Waals surface area contributed by atoms with Gasteiger partial charge in [-0.15, -0.1) is 0 Å². The van der Waals surface area contributed by atoms with Crippen molar-refractivity contribution in [1.29, 1.82) is 0 Å². The van der Waals surface area contributed by atoms with Crippen molar-refractivity contribution in [1.82, 2.24) is 14.4 Å². The number of halogens is 1. The van der Waals surface area contributed by atoms with Crippen LogP contribution in [0, 0.1) is 5.82 Å². The smallest absolute Gasteiger partial charge is 0.246 e. The molecule has 2 aliphatic heterocycles. The number of fused-ring (bicyclic) bond motifs is 1. The van der Waals surface area contributed by atoms with Crippen LogP contribution in [-0.4, -0.2) is 32.6 Å². The number of aromatic nitrogens is 1. The van der Waals surface area contributed by atoms with Crippen LogP contribution in [0.4, 0.5) is 4.39 Å². The molecule has 0 spiro atoms. The Balaban J connectivity index is 1.55. The summed E-state index contributed by atoms with van der Waals surface area (Å²) in [4.78, 5) is 14.0. The Morgan fingerprint density at radius 1 is 1.04 bits per heavy atom. The van der Waals surface area contributed by atoms with Crippen molar-refractivity contribution in [3.63, 3.8) is 0 Å². The zero-order valence-electron chi connectivity index (χ0n) is 12.0. The molecule has 1 aromatic heterocycles. The SMILES string of the molecule is Fc1ccc(C2=NC3=NC=CN(Sc4ccncc4)N3C2)cc1. The molecule has 7 heteroatoms. The minimum atomic E-state index is -0.251. The maximum Gasteiger partial charge on any atom is 0.246 e. The minimum Gasteiger partial charge on any atom is -0.265 e. The topological polar surface area (TPSA) is 44.1 Å². The van der Waals surface area contributed by atoms with Crippen molar-refractivity contribution in [2.75, 3.05) is 6.54 Å². The monoisotopic (exact) mass is 325 g/mol. The quantitative estimate of drug-likeness (QED) is 0.814. The maximum atomic E-state index is 13.1. The standard InChI is InChI=1S/C16H12FN5S/c17-13-3-1-12(2-4-13)15-11-21-16(20-15)19-9-10-22(21)23-14-5-7-18-8-6-14/h1-10H,11H2. The normalized spacial score (nSPS) is 16.2. The first kappa shape index (κ1) is 14.0. The van der Waals surface area contributed by atoms with Gasteiger partial charge < -0.3 is 0 Å². The first-order chi connectivity index (χ1) is 11.3. The molecule has 0 bridgehead atoms. The maximum absolute atomic E-state index is 13.1. The van der Waals surface area contributed by atoms with Gasteiger partial charge in [0.05, 0.1) is 18.5 Å². The van der Waals surface area contributed by atoms with Gasteiger partial charge in [0, 0.05) is 35.4 Å². The van der Waals surface area contributed by atoms with E-state index in [9.17, 15) is 4.39 Å². The fourth-order valence-corrected chi connectivity index (χ4v) is 3.11. The highest BCUT2D eigenvalue weighted by molar-refractivity contribution is 7.97. The van der Waals surface area contributed by atoms with Crippen molar-refractivity contribution in [2.45, 2.75) is 4.90 Å². The van der Waals surface area contributed by atoms with Crippen LogP contribution in [0.15, 0.2) is 76.1 Å². The van der Waals surface area contributed by atoms with Crippen LogP contribution in [0.5, 0.6) is 0 Å². The molecule has 3 heterocycles. The summed E-state index contributed by atoms with van der Waals surface area (Å²) in [5.74, 6) is 0.382. The molecular formula is C16H12FN5S. The molecule has 0 saturated carbocycles. The largest absolute Gasteiger partial charge is 0.265 e. The summed E-state index contributed by atoms with van der Waals surface area (Å²) in [6.45, 7) is 0.590. The van der Waals surface area contributed by atoms with Gasteiger partial charge in [0.1, 0.15) is 5.82 Å². The highest BCUT2D eigenvalue weighted by Crippen LogP contribution is 2.28. The van der Waals surface area contributed by atoms with E-state index in [2.05, 4.69) is 15.0 Å². The first-order valence-electron chi connectivity index (χ1n) is 7.02. The number of rotatable bonds is 3. The third-order valence-electron chi connectivity index (χ3n) is 3.41. The Morgan fingerprint density at radius 3 is 2.61 bits per heavy atom. The Morgan fingerprint density at radius 2 is 1.83 bits per heavy atom. The molecule has 2 aromatic rings. The lowest BCUT2D eigenvalue weighted by Gasteiger charge is -2.31. The summed E-state index contributed by atoms with van der Waals surface area (Å²) in [6.07, 6.45) is 7.12. The minimum absolute atomic E-state index is 0.251. The molecule has 0 atom stereocenters. The molecule has 0 radical (unpaired) electrons. The third-order valence-corrected chi connectivity index (χ3v) is 4.40. The number of nitrogens with zero attached hydrogens (tertiary/aromatic N) is 5. The van der Waals surface area contributed by atoms with E-state index >= 15 is 0 Å². The number of hydrogen-bond donors (Lipinski definition) is 0. The average molecular weight is 325 g/mol. The molecule has 0 unspecified atom stereocenters. The van der Waals surface area contributed by atoms with Crippen LogP contribution in [0.2, 0.25) is 0 Å². The van der Waals surface area contributed by atoms with Crippen LogP contribution >= 0.6 is 11.9 Å². The van der Waals surface area contributed by atoms with Gasteiger partial charge in [0.15, 0.2) is 0 Å². The molecule has 114 valence electrons. The molecule has 0 fully saturated rings. The summed E-state index contributed by atoms with van der Waals surface area (Å²) in [7, 11) is 0. The van der Waals surface area contributed by atoms with Gasteiger partial charge in [-0.1, -0.05) is 12.1 Å².